The summed E-state index contributed by atoms with van der Waals surface area (Å²) in [5.74, 6) is -0.250. The predicted molar refractivity (Wildman–Crippen MR) is 74.4 cm³/mol. The van der Waals surface area contributed by atoms with Gasteiger partial charge in [0.05, 0.1) is 0 Å². The van der Waals surface area contributed by atoms with Gasteiger partial charge in [-0.2, -0.15) is 0 Å². The minimum Gasteiger partial charge on any atom is -0.330 e. The highest BCUT2D eigenvalue weighted by molar-refractivity contribution is 5.35. The predicted octanol–water partition coefficient (Wildman–Crippen LogP) is 4.19. The van der Waals surface area contributed by atoms with Gasteiger partial charge in [0.15, 0.2) is 0 Å². The van der Waals surface area contributed by atoms with Gasteiger partial charge in [-0.15, -0.1) is 0 Å². The number of alkyl halides is 1. The van der Waals surface area contributed by atoms with Crippen molar-refractivity contribution < 1.29 is 8.78 Å². The summed E-state index contributed by atoms with van der Waals surface area (Å²) in [6, 6.07) is 4.61. The molecule has 1 nitrogen and oxygen atoms in total. The highest BCUT2D eigenvalue weighted by Crippen LogP contribution is 2.41. The standard InChI is InChI=1S/C16H23F2N/c1-15(2,18)12-6-7-14(17)13(10-12)16(11-19)8-4-3-5-9-16/h6-7,10H,3-5,8-9,11,19H2,1-2H3. The topological polar surface area (TPSA) is 26.0 Å². The van der Waals surface area contributed by atoms with Crippen LogP contribution < -0.4 is 5.73 Å². The molecule has 2 rings (SSSR count). The van der Waals surface area contributed by atoms with Crippen LogP contribution in [0.5, 0.6) is 0 Å². The number of hydrogen-bond acceptors (Lipinski definition) is 1. The number of hydrogen-bond donors (Lipinski definition) is 1. The molecule has 0 spiro atoms. The van der Waals surface area contributed by atoms with Crippen molar-refractivity contribution in [2.24, 2.45) is 5.73 Å². The average Bonchev–Trinajstić information content (AvgIpc) is 2.38. The fourth-order valence-electron chi connectivity index (χ4n) is 3.11. The monoisotopic (exact) mass is 267 g/mol. The lowest BCUT2D eigenvalue weighted by Crippen LogP contribution is -2.38. The van der Waals surface area contributed by atoms with E-state index in [0.29, 0.717) is 17.7 Å². The Labute approximate surface area is 114 Å². The normalized spacial score (nSPS) is 19.4. The zero-order valence-corrected chi connectivity index (χ0v) is 11.8. The smallest absolute Gasteiger partial charge is 0.130 e. The van der Waals surface area contributed by atoms with Gasteiger partial charge < -0.3 is 5.73 Å². The SMILES string of the molecule is CC(C)(F)c1ccc(F)c(C2(CN)CCCCC2)c1. The summed E-state index contributed by atoms with van der Waals surface area (Å²) >= 11 is 0. The molecule has 1 aliphatic carbocycles. The van der Waals surface area contributed by atoms with Crippen LogP contribution in [0.4, 0.5) is 8.78 Å². The van der Waals surface area contributed by atoms with Gasteiger partial charge in [0.25, 0.3) is 0 Å². The molecular weight excluding hydrogens is 244 g/mol. The first kappa shape index (κ1) is 14.4. The maximum atomic E-state index is 14.2. The van der Waals surface area contributed by atoms with Gasteiger partial charge in [0, 0.05) is 12.0 Å². The fraction of sp³-hybridized carbons (Fsp3) is 0.625. The van der Waals surface area contributed by atoms with Crippen molar-refractivity contribution in [3.05, 3.63) is 35.1 Å². The summed E-state index contributed by atoms with van der Waals surface area (Å²) in [7, 11) is 0. The lowest BCUT2D eigenvalue weighted by atomic mass is 9.68. The van der Waals surface area contributed by atoms with Crippen molar-refractivity contribution in [2.45, 2.75) is 57.0 Å². The Morgan fingerprint density at radius 1 is 1.21 bits per heavy atom. The molecule has 1 aliphatic rings. The van der Waals surface area contributed by atoms with Gasteiger partial charge in [-0.25, -0.2) is 8.78 Å². The second-order valence-corrected chi connectivity index (χ2v) is 6.21. The van der Waals surface area contributed by atoms with Crippen LogP contribution in [0.1, 0.15) is 57.1 Å². The molecule has 0 atom stereocenters. The molecule has 0 radical (unpaired) electrons. The first-order valence-corrected chi connectivity index (χ1v) is 7.08. The number of halogens is 2. The van der Waals surface area contributed by atoms with Crippen LogP contribution in [0.15, 0.2) is 18.2 Å². The summed E-state index contributed by atoms with van der Waals surface area (Å²) < 4.78 is 28.3. The molecule has 0 aliphatic heterocycles. The van der Waals surface area contributed by atoms with E-state index in [1.807, 2.05) is 0 Å². The van der Waals surface area contributed by atoms with Crippen LogP contribution in [0, 0.1) is 5.82 Å². The van der Waals surface area contributed by atoms with Crippen molar-refractivity contribution in [1.82, 2.24) is 0 Å². The lowest BCUT2D eigenvalue weighted by Gasteiger charge is -2.37. The van der Waals surface area contributed by atoms with Gasteiger partial charge in [0.1, 0.15) is 11.5 Å². The van der Waals surface area contributed by atoms with Crippen LogP contribution in [0.2, 0.25) is 0 Å². The Morgan fingerprint density at radius 3 is 2.37 bits per heavy atom. The number of benzene rings is 1. The summed E-state index contributed by atoms with van der Waals surface area (Å²) in [6.45, 7) is 3.43. The van der Waals surface area contributed by atoms with E-state index in [4.69, 9.17) is 5.73 Å². The van der Waals surface area contributed by atoms with Crippen LogP contribution in [-0.2, 0) is 11.1 Å². The van der Waals surface area contributed by atoms with Gasteiger partial charge in [-0.1, -0.05) is 25.3 Å². The Morgan fingerprint density at radius 2 is 1.84 bits per heavy atom. The van der Waals surface area contributed by atoms with E-state index in [-0.39, 0.29) is 11.2 Å². The third-order valence-electron chi connectivity index (χ3n) is 4.43. The maximum Gasteiger partial charge on any atom is 0.130 e. The van der Waals surface area contributed by atoms with Crippen molar-refractivity contribution in [1.29, 1.82) is 0 Å². The molecule has 1 aromatic carbocycles. The summed E-state index contributed by atoms with van der Waals surface area (Å²) in [6.07, 6.45) is 5.12. The molecule has 0 heterocycles. The third-order valence-corrected chi connectivity index (χ3v) is 4.43. The van der Waals surface area contributed by atoms with Crippen LogP contribution in [0.25, 0.3) is 0 Å². The molecule has 0 bridgehead atoms. The fourth-order valence-corrected chi connectivity index (χ4v) is 3.11. The lowest BCUT2D eigenvalue weighted by molar-refractivity contribution is 0.220. The summed E-state index contributed by atoms with van der Waals surface area (Å²) in [4.78, 5) is 0. The first-order chi connectivity index (χ1) is 8.89. The van der Waals surface area contributed by atoms with Gasteiger partial charge in [0.2, 0.25) is 0 Å². The van der Waals surface area contributed by atoms with Gasteiger partial charge in [-0.3, -0.25) is 0 Å². The Bertz CT molecular complexity index is 443. The van der Waals surface area contributed by atoms with E-state index in [1.54, 1.807) is 6.07 Å². The first-order valence-electron chi connectivity index (χ1n) is 7.08. The largest absolute Gasteiger partial charge is 0.330 e. The zero-order chi connectivity index (χ0) is 14.1. The number of rotatable bonds is 3. The third kappa shape index (κ3) is 2.81. The Balaban J connectivity index is 2.47. The van der Waals surface area contributed by atoms with Crippen molar-refractivity contribution in [3.63, 3.8) is 0 Å². The number of nitrogens with two attached hydrogens (primary N) is 1. The van der Waals surface area contributed by atoms with E-state index in [0.717, 1.165) is 25.7 Å². The zero-order valence-electron chi connectivity index (χ0n) is 11.8. The van der Waals surface area contributed by atoms with Crippen LogP contribution >= 0.6 is 0 Å². The second-order valence-electron chi connectivity index (χ2n) is 6.21. The average molecular weight is 267 g/mol. The van der Waals surface area contributed by atoms with Crippen molar-refractivity contribution >= 4 is 0 Å². The van der Waals surface area contributed by atoms with E-state index in [1.165, 1.54) is 32.4 Å². The minimum atomic E-state index is -1.45. The van der Waals surface area contributed by atoms with E-state index in [2.05, 4.69) is 0 Å². The van der Waals surface area contributed by atoms with Crippen LogP contribution in [0.3, 0.4) is 0 Å². The van der Waals surface area contributed by atoms with E-state index < -0.39 is 5.67 Å². The summed E-state index contributed by atoms with van der Waals surface area (Å²) in [5, 5.41) is 0. The molecule has 3 heteroatoms. The molecule has 0 aromatic heterocycles. The molecule has 0 saturated heterocycles. The minimum absolute atomic E-state index is 0.250. The molecular formula is C16H23F2N. The molecule has 106 valence electrons. The Hall–Kier alpha value is -0.960. The summed E-state index contributed by atoms with van der Waals surface area (Å²) in [5.41, 5.74) is 5.32. The Kier molecular flexibility index (Phi) is 3.95. The molecule has 1 aromatic rings. The van der Waals surface area contributed by atoms with E-state index >= 15 is 0 Å². The van der Waals surface area contributed by atoms with E-state index in [9.17, 15) is 8.78 Å². The molecule has 1 saturated carbocycles. The quantitative estimate of drug-likeness (QED) is 0.873. The maximum absolute atomic E-state index is 14.2. The van der Waals surface area contributed by atoms with Crippen molar-refractivity contribution in [3.8, 4) is 0 Å². The molecule has 1 fully saturated rings. The van der Waals surface area contributed by atoms with Crippen molar-refractivity contribution in [2.75, 3.05) is 6.54 Å². The van der Waals surface area contributed by atoms with Gasteiger partial charge >= 0.3 is 0 Å². The molecule has 19 heavy (non-hydrogen) atoms. The second kappa shape index (κ2) is 5.20. The molecule has 2 N–H and O–H groups in total. The van der Waals surface area contributed by atoms with Crippen LogP contribution in [-0.4, -0.2) is 6.54 Å². The highest BCUT2D eigenvalue weighted by atomic mass is 19.1. The molecule has 0 unspecified atom stereocenters. The van der Waals surface area contributed by atoms with Gasteiger partial charge in [-0.05, 0) is 49.9 Å². The molecule has 0 amide bonds. The highest BCUT2D eigenvalue weighted by Gasteiger charge is 2.35.